The van der Waals surface area contributed by atoms with E-state index in [1.165, 1.54) is 110 Å². The molecule has 20 heterocycles. The molecule has 0 spiro atoms. The average molecular weight is 1810 g/mol. The van der Waals surface area contributed by atoms with E-state index in [1.807, 2.05) is 73.7 Å². The van der Waals surface area contributed by atoms with Crippen LogP contribution in [0.15, 0.2) is 73.3 Å². The van der Waals surface area contributed by atoms with Gasteiger partial charge in [0.05, 0.1) is 47.7 Å². The molecule has 0 aromatic carbocycles. The molecule has 0 bridgehead atoms. The monoisotopic (exact) mass is 1810 g/mol. The number of carboxylic acids is 1. The van der Waals surface area contributed by atoms with Crippen molar-refractivity contribution in [2.75, 3.05) is 5.73 Å². The zero-order chi connectivity index (χ0) is 96.9. The van der Waals surface area contributed by atoms with Gasteiger partial charge in [-0.2, -0.15) is 56.1 Å². The first-order chi connectivity index (χ1) is 62.3. The summed E-state index contributed by atoms with van der Waals surface area (Å²) < 4.78 is 17.3. The first-order valence-corrected chi connectivity index (χ1v) is 42.9. The average Bonchev–Trinajstić information content (AvgIpc) is 1.63. The maximum atomic E-state index is 11.5. The maximum absolute atomic E-state index is 11.5. The second-order valence-electron chi connectivity index (χ2n) is 32.6. The number of aromatic carboxylic acids is 1. The highest BCUT2D eigenvalue weighted by Crippen LogP contribution is 2.35. The fraction of sp³-hybridized carbons (Fsp3) is 0.418. The Morgan fingerprint density at radius 1 is 0.417 bits per heavy atom. The third-order valence-corrected chi connectivity index (χ3v) is 22.3. The van der Waals surface area contributed by atoms with Gasteiger partial charge >= 0.3 is 5.97 Å². The van der Waals surface area contributed by atoms with Crippen molar-refractivity contribution < 1.29 is 86.9 Å². The molecule has 41 nitrogen and oxygen atoms in total. The topological polar surface area (TPSA) is 546 Å². The number of anilines is 1. The number of aryl methyl sites for hydroxylation is 9. The van der Waals surface area contributed by atoms with Gasteiger partial charge < -0.3 is 15.9 Å². The Morgan fingerprint density at radius 3 is 1.33 bits per heavy atom. The molecular weight excluding hydrogens is 1700 g/mol. The van der Waals surface area contributed by atoms with Gasteiger partial charge in [-0.3, -0.25) is 124 Å². The molecule has 0 aliphatic carbocycles. The highest BCUT2D eigenvalue weighted by atomic mass is 16.4. The summed E-state index contributed by atoms with van der Waals surface area (Å²) in [5.74, 6) is -0.538. The number of hydrogen-bond donors (Lipinski definition) is 4. The predicted octanol–water partition coefficient (Wildman–Crippen LogP) is 10.8. The van der Waals surface area contributed by atoms with Gasteiger partial charge in [0.25, 0.3) is 0 Å². The second-order valence-corrected chi connectivity index (χ2v) is 32.6. The molecule has 132 heavy (non-hydrogen) atoms. The van der Waals surface area contributed by atoms with Crippen molar-refractivity contribution in [3.8, 4) is 0 Å². The third kappa shape index (κ3) is 23.9. The highest BCUT2D eigenvalue weighted by Gasteiger charge is 2.32. The van der Waals surface area contributed by atoms with Crippen LogP contribution in [-0.4, -0.2) is 211 Å². The van der Waals surface area contributed by atoms with Crippen molar-refractivity contribution in [2.24, 2.45) is 5.92 Å². The lowest BCUT2D eigenvalue weighted by Crippen LogP contribution is -2.06. The number of Topliss-reactive ketones (excluding diaryl/α,β-unsaturated/α-hetero) is 15. The summed E-state index contributed by atoms with van der Waals surface area (Å²) in [6.45, 7) is 37.2. The summed E-state index contributed by atoms with van der Waals surface area (Å²) in [6.07, 6.45) is 10.6. The summed E-state index contributed by atoms with van der Waals surface area (Å²) in [4.78, 5) is 175. The fourth-order valence-corrected chi connectivity index (χ4v) is 14.9. The lowest BCUT2D eigenvalue weighted by molar-refractivity contribution is 0.0686. The van der Waals surface area contributed by atoms with E-state index >= 15 is 0 Å². The Kier molecular flexibility index (Phi) is 32.3. The van der Waals surface area contributed by atoms with E-state index < -0.39 is 12.1 Å². The molecule has 0 amide bonds. The number of nitrogen functional groups attached to an aromatic ring is 1. The van der Waals surface area contributed by atoms with Gasteiger partial charge in [0.15, 0.2) is 98.1 Å². The van der Waals surface area contributed by atoms with Crippen LogP contribution in [0.3, 0.4) is 0 Å². The van der Waals surface area contributed by atoms with Crippen molar-refractivity contribution in [2.45, 2.75) is 246 Å². The number of nitrogens with zero attached hydrogens (tertiary/aromatic N) is 21. The van der Waals surface area contributed by atoms with Gasteiger partial charge in [0, 0.05) is 178 Å². The number of carbonyl (C=O) groups excluding carboxylic acids is 15. The number of nitrogens with one attached hydrogen (secondary N) is 1. The number of hydrogen-bond acceptors (Lipinski definition) is 29. The molecule has 694 valence electrons. The zero-order valence-corrected chi connectivity index (χ0v) is 76.6. The third-order valence-electron chi connectivity index (χ3n) is 22.3. The molecular formula is C91H107N23O18. The van der Waals surface area contributed by atoms with E-state index in [4.69, 9.17) is 10.8 Å². The van der Waals surface area contributed by atoms with E-state index in [0.717, 1.165) is 86.8 Å². The van der Waals surface area contributed by atoms with Crippen LogP contribution in [0.2, 0.25) is 0 Å². The van der Waals surface area contributed by atoms with Gasteiger partial charge in [-0.25, -0.2) is 4.79 Å². The van der Waals surface area contributed by atoms with Crippen LogP contribution < -0.4 is 5.73 Å². The molecule has 11 aromatic rings. The van der Waals surface area contributed by atoms with Crippen LogP contribution in [0.5, 0.6) is 0 Å². The minimum atomic E-state index is -1.09. The fourth-order valence-electron chi connectivity index (χ4n) is 14.9. The van der Waals surface area contributed by atoms with E-state index in [0.29, 0.717) is 155 Å². The summed E-state index contributed by atoms with van der Waals surface area (Å²) in [7, 11) is 0. The van der Waals surface area contributed by atoms with Crippen LogP contribution in [0.25, 0.3) is 11.6 Å². The van der Waals surface area contributed by atoms with Crippen LogP contribution in [-0.2, 0) is 71.9 Å². The van der Waals surface area contributed by atoms with Gasteiger partial charge in [0.1, 0.15) is 79.7 Å². The van der Waals surface area contributed by atoms with E-state index in [2.05, 4.69) is 81.6 Å². The summed E-state index contributed by atoms with van der Waals surface area (Å²) in [6, 6.07) is 16.6. The number of allylic oxidation sites excluding steroid dienone is 2. The number of fused-ring (bicyclic) bond motifs is 9. The number of carboxylic acid groups (broad SMARTS) is 1. The number of rotatable bonds is 14. The van der Waals surface area contributed by atoms with Crippen molar-refractivity contribution in [1.29, 1.82) is 0 Å². The normalized spacial score (nSPS) is 16.1. The van der Waals surface area contributed by atoms with Crippen molar-refractivity contribution in [1.82, 2.24) is 108 Å². The maximum Gasteiger partial charge on any atom is 0.356 e. The number of ketones is 15. The Balaban J connectivity index is 0.000000151. The number of carbonyl (C=O) groups is 16. The van der Waals surface area contributed by atoms with Crippen molar-refractivity contribution in [3.05, 3.63) is 199 Å². The first kappa shape index (κ1) is 99.2. The summed E-state index contributed by atoms with van der Waals surface area (Å²) in [5.41, 5.74) is 20.7. The molecule has 5 N–H and O–H groups in total. The number of aromatic nitrogens is 22. The Bertz CT molecular complexity index is 6140. The molecule has 41 heteroatoms. The highest BCUT2D eigenvalue weighted by molar-refractivity contribution is 6.04. The summed E-state index contributed by atoms with van der Waals surface area (Å²) in [5, 5.41) is 64.6. The second kappa shape index (κ2) is 43.0. The molecule has 9 aliphatic heterocycles. The van der Waals surface area contributed by atoms with Gasteiger partial charge in [-0.1, -0.05) is 33.4 Å². The van der Waals surface area contributed by atoms with Crippen LogP contribution in [0.1, 0.15) is 376 Å². The molecule has 4 atom stereocenters. The van der Waals surface area contributed by atoms with Gasteiger partial charge in [0.2, 0.25) is 0 Å². The number of aliphatic hydroxyl groups is 1. The summed E-state index contributed by atoms with van der Waals surface area (Å²) >= 11 is 0. The first-order valence-electron chi connectivity index (χ1n) is 42.9. The van der Waals surface area contributed by atoms with Gasteiger partial charge in [-0.15, -0.1) is 0 Å². The van der Waals surface area contributed by atoms with Gasteiger partial charge in [-0.05, 0) is 118 Å². The molecule has 4 unspecified atom stereocenters. The number of H-pyrrole nitrogens is 1. The number of aliphatic hydroxyl groups excluding tert-OH is 1. The minimum absolute atomic E-state index is 0.00325. The molecule has 20 rings (SSSR count). The number of aromatic amines is 1. The lowest BCUT2D eigenvalue weighted by atomic mass is 10.1. The smallest absolute Gasteiger partial charge is 0.356 e. The van der Waals surface area contributed by atoms with E-state index in [1.54, 1.807) is 50.8 Å². The molecule has 0 fully saturated rings. The lowest BCUT2D eigenvalue weighted by Gasteiger charge is -2.00. The van der Waals surface area contributed by atoms with E-state index in [9.17, 15) is 81.8 Å². The molecule has 0 saturated heterocycles. The van der Waals surface area contributed by atoms with Crippen LogP contribution in [0.4, 0.5) is 5.69 Å². The van der Waals surface area contributed by atoms with Crippen molar-refractivity contribution >= 4 is 110 Å². The zero-order valence-electron chi connectivity index (χ0n) is 76.6. The SMILES string of the molecule is C=C1CCn2nc(C(C)=O)cc21.CC(=O)c1cc(C(C)=O)[nH]n1.CC(=O)c1cc2n(n1)CC(C)C2=O.CC(=O)c1cc2n(n1)CC=C2.CC(=O)c1cc2n(n1)CCC2.CC(=O)c1cc2n(n1)CCC2=O.CC(=O)c1cc2n(n1)CCC2C.CC(=O)c1cc2n(n1)CCC2O.CC(=O)c1nn2c(c1N)C(C)CC2.CCn1nc(C(C)=O)cc1C(C)=O.O=C(O)c1cc2n(n1)CCC2=O. The van der Waals surface area contributed by atoms with Crippen LogP contribution >= 0.6 is 0 Å². The molecule has 0 radical (unpaired) electrons. The van der Waals surface area contributed by atoms with Crippen LogP contribution in [0, 0.1) is 5.92 Å². The predicted molar refractivity (Wildman–Crippen MR) is 476 cm³/mol. The standard InChI is InChI=1S/C9H13N3O.C9H10N2O2.C9H12N2O2.C9H12N2O.C9H10N2O.C8H10N2O2.C8H8N2O2.C8H10N2O.C8H8N2O.C7H6N2O3.C7H8N2O2/c1-5-3-4-12-9(5)7(10)8(11-12)6(2)13;1-5-4-11-8(9(5)13)3-7(10-11)6(2)12;1-4-11-9(7(3)13)5-8(10-11)6(2)12;2*1-6-3-4-11-9(6)5-8(10-11)7(2)12;2*1-5(11)6-4-7-8(12)2-3-10(7)9-6;2*1-6(11)8-5-7-3-2-4-10(7)9-8;10-6-1-2-9-5(6)3-4(8-9)7(11)12;1-4(10)6-3-7(5(2)11)9-8-6/h5H,3-4,10H2,1-2H3;3,5H,4H2,1-2H3;5H,4H2,1-3H3;5-6H,3-4H2,1-2H3;5H,1,3-4H2,2H3;4,8,12H,2-3H2,1H3;4H,2-3H2,1H3;5H,2-4H2,1H3;2-3,5H,4H2,1H3;3H,1-2H2,(H,11,12);3H,1-2H3,(H,8,9). The Morgan fingerprint density at radius 2 is 0.864 bits per heavy atom. The molecule has 11 aromatic heterocycles. The van der Waals surface area contributed by atoms with E-state index in [-0.39, 0.29) is 98.4 Å². The quantitative estimate of drug-likeness (QED) is 0.0735. The molecule has 9 aliphatic rings. The largest absolute Gasteiger partial charge is 0.476 e. The van der Waals surface area contributed by atoms with Crippen molar-refractivity contribution in [3.63, 3.8) is 0 Å². The Labute approximate surface area is 757 Å². The molecule has 0 saturated carbocycles. The Hall–Kier alpha value is -14.9. The number of nitrogens with two attached hydrogens (primary N) is 1. The minimum Gasteiger partial charge on any atom is -0.476 e.